The van der Waals surface area contributed by atoms with E-state index in [1.54, 1.807) is 0 Å². The number of hydrogen-bond donors (Lipinski definition) is 2. The highest BCUT2D eigenvalue weighted by molar-refractivity contribution is 6.74. The van der Waals surface area contributed by atoms with Gasteiger partial charge in [-0.1, -0.05) is 20.8 Å². The van der Waals surface area contributed by atoms with E-state index in [0.717, 1.165) is 32.8 Å². The SMILES string of the molecule is CC(C)(C)[Si](C)(C)OCC1CN2CCNC[C@@H]2CN1. The second-order valence-electron chi connectivity index (χ2n) is 7.53. The molecule has 2 fully saturated rings. The lowest BCUT2D eigenvalue weighted by Crippen LogP contribution is -2.64. The molecule has 2 N–H and O–H groups in total. The third-order valence-electron chi connectivity index (χ3n) is 5.02. The van der Waals surface area contributed by atoms with Gasteiger partial charge in [0.25, 0.3) is 0 Å². The lowest BCUT2D eigenvalue weighted by Gasteiger charge is -2.44. The Balaban J connectivity index is 1.81. The summed E-state index contributed by atoms with van der Waals surface area (Å²) >= 11 is 0. The highest BCUT2D eigenvalue weighted by Crippen LogP contribution is 2.36. The molecule has 19 heavy (non-hydrogen) atoms. The Bertz CT molecular complexity index is 304. The van der Waals surface area contributed by atoms with Gasteiger partial charge in [0.15, 0.2) is 8.32 Å². The molecule has 112 valence electrons. The summed E-state index contributed by atoms with van der Waals surface area (Å²) in [4.78, 5) is 2.62. The predicted octanol–water partition coefficient (Wildman–Crippen LogP) is 1.25. The Morgan fingerprint density at radius 3 is 2.68 bits per heavy atom. The van der Waals surface area contributed by atoms with Crippen molar-refractivity contribution in [2.75, 3.05) is 39.3 Å². The van der Waals surface area contributed by atoms with Crippen molar-refractivity contribution in [3.05, 3.63) is 0 Å². The number of rotatable bonds is 3. The largest absolute Gasteiger partial charge is 0.415 e. The highest BCUT2D eigenvalue weighted by atomic mass is 28.4. The third-order valence-corrected chi connectivity index (χ3v) is 9.52. The van der Waals surface area contributed by atoms with Gasteiger partial charge in [-0.25, -0.2) is 0 Å². The minimum Gasteiger partial charge on any atom is -0.415 e. The van der Waals surface area contributed by atoms with Gasteiger partial charge >= 0.3 is 0 Å². The number of nitrogens with zero attached hydrogens (tertiary/aromatic N) is 1. The molecule has 0 aliphatic carbocycles. The minimum atomic E-state index is -1.60. The first-order valence-electron chi connectivity index (χ1n) is 7.62. The molecule has 4 nitrogen and oxygen atoms in total. The van der Waals surface area contributed by atoms with Crippen molar-refractivity contribution >= 4 is 8.32 Å². The van der Waals surface area contributed by atoms with E-state index in [-0.39, 0.29) is 0 Å². The second-order valence-corrected chi connectivity index (χ2v) is 12.3. The van der Waals surface area contributed by atoms with Gasteiger partial charge in [0.2, 0.25) is 0 Å². The van der Waals surface area contributed by atoms with Crippen molar-refractivity contribution in [1.29, 1.82) is 0 Å². The van der Waals surface area contributed by atoms with Crippen LogP contribution in [-0.2, 0) is 4.43 Å². The summed E-state index contributed by atoms with van der Waals surface area (Å²) in [6.07, 6.45) is 0. The van der Waals surface area contributed by atoms with Crippen LogP contribution in [0.4, 0.5) is 0 Å². The first kappa shape index (κ1) is 15.4. The standard InChI is InChI=1S/C14H31N3OSi/c1-14(2,3)19(4,5)18-11-12-10-17-7-6-15-8-13(17)9-16-12/h12-13,15-16H,6-11H2,1-5H3/t12?,13-/m1/s1. The van der Waals surface area contributed by atoms with E-state index in [2.05, 4.69) is 49.4 Å². The summed E-state index contributed by atoms with van der Waals surface area (Å²) in [6, 6.07) is 1.18. The molecule has 0 amide bonds. The van der Waals surface area contributed by atoms with Crippen LogP contribution in [0.1, 0.15) is 20.8 Å². The van der Waals surface area contributed by atoms with Gasteiger partial charge in [-0.05, 0) is 18.1 Å². The zero-order valence-corrected chi connectivity index (χ0v) is 14.3. The van der Waals surface area contributed by atoms with Crippen LogP contribution in [0.5, 0.6) is 0 Å². The lowest BCUT2D eigenvalue weighted by atomic mass is 10.1. The summed E-state index contributed by atoms with van der Waals surface area (Å²) < 4.78 is 6.35. The molecule has 0 radical (unpaired) electrons. The molecule has 2 aliphatic heterocycles. The molecule has 2 atom stereocenters. The van der Waals surface area contributed by atoms with E-state index in [4.69, 9.17) is 4.43 Å². The quantitative estimate of drug-likeness (QED) is 0.765. The summed E-state index contributed by atoms with van der Waals surface area (Å²) in [5.41, 5.74) is 0. The van der Waals surface area contributed by atoms with Crippen LogP contribution in [0.25, 0.3) is 0 Å². The van der Waals surface area contributed by atoms with Crippen molar-refractivity contribution in [2.45, 2.75) is 51.0 Å². The summed E-state index contributed by atoms with van der Waals surface area (Å²) in [5.74, 6) is 0. The lowest BCUT2D eigenvalue weighted by molar-refractivity contribution is 0.0851. The molecule has 2 saturated heterocycles. The number of nitrogens with one attached hydrogen (secondary N) is 2. The molecule has 5 heteroatoms. The zero-order valence-electron chi connectivity index (χ0n) is 13.3. The monoisotopic (exact) mass is 285 g/mol. The van der Waals surface area contributed by atoms with Crippen LogP contribution in [0.2, 0.25) is 18.1 Å². The van der Waals surface area contributed by atoms with E-state index in [9.17, 15) is 0 Å². The summed E-state index contributed by atoms with van der Waals surface area (Å²) in [6.45, 7) is 18.1. The van der Waals surface area contributed by atoms with Crippen LogP contribution in [0.15, 0.2) is 0 Å². The Morgan fingerprint density at radius 1 is 1.26 bits per heavy atom. The molecule has 2 rings (SSSR count). The Labute approximate surface area is 119 Å². The molecule has 2 heterocycles. The van der Waals surface area contributed by atoms with Gasteiger partial charge in [-0.15, -0.1) is 0 Å². The van der Waals surface area contributed by atoms with Gasteiger partial charge < -0.3 is 15.1 Å². The molecule has 0 aromatic heterocycles. The van der Waals surface area contributed by atoms with Crippen LogP contribution in [0.3, 0.4) is 0 Å². The van der Waals surface area contributed by atoms with Gasteiger partial charge in [0.05, 0.1) is 6.61 Å². The Hall–Kier alpha value is 0.0569. The number of hydrogen-bond acceptors (Lipinski definition) is 4. The zero-order chi connectivity index (χ0) is 14.1. The maximum atomic E-state index is 6.35. The molecule has 0 aromatic carbocycles. The Kier molecular flexibility index (Phi) is 4.73. The van der Waals surface area contributed by atoms with Crippen molar-refractivity contribution in [1.82, 2.24) is 15.5 Å². The fraction of sp³-hybridized carbons (Fsp3) is 1.00. The van der Waals surface area contributed by atoms with E-state index in [1.165, 1.54) is 6.54 Å². The van der Waals surface area contributed by atoms with Crippen molar-refractivity contribution in [3.8, 4) is 0 Å². The van der Waals surface area contributed by atoms with E-state index in [0.29, 0.717) is 17.1 Å². The smallest absolute Gasteiger partial charge is 0.192 e. The molecule has 0 aromatic rings. The fourth-order valence-corrected chi connectivity index (χ4v) is 3.58. The third kappa shape index (κ3) is 3.79. The van der Waals surface area contributed by atoms with Gasteiger partial charge in [0.1, 0.15) is 0 Å². The van der Waals surface area contributed by atoms with Gasteiger partial charge in [-0.2, -0.15) is 0 Å². The van der Waals surface area contributed by atoms with Crippen LogP contribution < -0.4 is 10.6 Å². The van der Waals surface area contributed by atoms with Crippen molar-refractivity contribution < 1.29 is 4.43 Å². The topological polar surface area (TPSA) is 36.5 Å². The minimum absolute atomic E-state index is 0.305. The molecule has 2 aliphatic rings. The molecule has 0 saturated carbocycles. The summed E-state index contributed by atoms with van der Waals surface area (Å²) in [5, 5.41) is 7.43. The average molecular weight is 286 g/mol. The van der Waals surface area contributed by atoms with E-state index < -0.39 is 8.32 Å². The molecule has 1 unspecified atom stereocenters. The molecule has 0 spiro atoms. The first-order valence-corrected chi connectivity index (χ1v) is 10.5. The van der Waals surface area contributed by atoms with Gasteiger partial charge in [-0.3, -0.25) is 4.90 Å². The van der Waals surface area contributed by atoms with E-state index in [1.807, 2.05) is 0 Å². The molecular weight excluding hydrogens is 254 g/mol. The number of piperazine rings is 2. The summed E-state index contributed by atoms with van der Waals surface area (Å²) in [7, 11) is -1.60. The van der Waals surface area contributed by atoms with E-state index >= 15 is 0 Å². The van der Waals surface area contributed by atoms with Crippen molar-refractivity contribution in [3.63, 3.8) is 0 Å². The number of fused-ring (bicyclic) bond motifs is 1. The molecule has 0 bridgehead atoms. The fourth-order valence-electron chi connectivity index (χ4n) is 2.53. The highest BCUT2D eigenvalue weighted by Gasteiger charge is 2.38. The first-order chi connectivity index (χ1) is 8.79. The maximum Gasteiger partial charge on any atom is 0.192 e. The second kappa shape index (κ2) is 5.82. The molecular formula is C14H31N3OSi. The van der Waals surface area contributed by atoms with Crippen LogP contribution in [-0.4, -0.2) is 64.6 Å². The normalized spacial score (nSPS) is 30.2. The average Bonchev–Trinajstić information content (AvgIpc) is 2.35. The maximum absolute atomic E-state index is 6.35. The van der Waals surface area contributed by atoms with Crippen LogP contribution in [0, 0.1) is 0 Å². The Morgan fingerprint density at radius 2 is 2.00 bits per heavy atom. The van der Waals surface area contributed by atoms with Crippen LogP contribution >= 0.6 is 0 Å². The predicted molar refractivity (Wildman–Crippen MR) is 83.2 cm³/mol. The van der Waals surface area contributed by atoms with Crippen molar-refractivity contribution in [2.24, 2.45) is 0 Å². The van der Waals surface area contributed by atoms with Gasteiger partial charge in [0, 0.05) is 44.8 Å².